The van der Waals surface area contributed by atoms with Crippen LogP contribution in [0.5, 0.6) is 0 Å². The molecule has 2 N–H and O–H groups in total. The average molecular weight is 384 g/mol. The van der Waals surface area contributed by atoms with E-state index in [1.165, 1.54) is 17.7 Å². The van der Waals surface area contributed by atoms with E-state index in [1.807, 2.05) is 18.2 Å². The molecule has 2 aromatic rings. The molecule has 3 rings (SSSR count). The van der Waals surface area contributed by atoms with Crippen LogP contribution in [0.15, 0.2) is 54.6 Å². The number of benzene rings is 2. The summed E-state index contributed by atoms with van der Waals surface area (Å²) in [7, 11) is 0. The Balaban J connectivity index is 1.34. The van der Waals surface area contributed by atoms with E-state index in [0.717, 1.165) is 25.2 Å². The third-order valence-corrected chi connectivity index (χ3v) is 4.74. The van der Waals surface area contributed by atoms with E-state index in [1.54, 1.807) is 17.0 Å². The van der Waals surface area contributed by atoms with Gasteiger partial charge in [0.1, 0.15) is 5.82 Å². The van der Waals surface area contributed by atoms with Crippen LogP contribution in [0.4, 0.5) is 9.18 Å². The molecule has 0 radical (unpaired) electrons. The molecule has 1 aliphatic heterocycles. The van der Waals surface area contributed by atoms with Gasteiger partial charge in [-0.3, -0.25) is 9.69 Å². The minimum Gasteiger partial charge on any atom is -0.339 e. The van der Waals surface area contributed by atoms with Crippen molar-refractivity contribution in [2.75, 3.05) is 32.7 Å². The van der Waals surface area contributed by atoms with E-state index >= 15 is 0 Å². The molecular weight excluding hydrogens is 359 g/mol. The van der Waals surface area contributed by atoms with Crippen LogP contribution in [-0.2, 0) is 17.9 Å². The summed E-state index contributed by atoms with van der Waals surface area (Å²) in [5.41, 5.74) is 2.05. The molecule has 1 aliphatic rings. The lowest BCUT2D eigenvalue weighted by Gasteiger charge is -2.34. The quantitative estimate of drug-likeness (QED) is 0.800. The Labute approximate surface area is 164 Å². The smallest absolute Gasteiger partial charge is 0.315 e. The van der Waals surface area contributed by atoms with Crippen molar-refractivity contribution >= 4 is 11.9 Å². The molecule has 0 aliphatic carbocycles. The highest BCUT2D eigenvalue weighted by Crippen LogP contribution is 2.08. The van der Waals surface area contributed by atoms with Crippen LogP contribution in [0.25, 0.3) is 0 Å². The van der Waals surface area contributed by atoms with Crippen LogP contribution >= 0.6 is 0 Å². The predicted octanol–water partition coefficient (Wildman–Crippen LogP) is 1.97. The zero-order valence-electron chi connectivity index (χ0n) is 15.7. The zero-order chi connectivity index (χ0) is 19.8. The van der Waals surface area contributed by atoms with E-state index in [2.05, 4.69) is 27.7 Å². The largest absolute Gasteiger partial charge is 0.339 e. The Morgan fingerprint density at radius 3 is 2.21 bits per heavy atom. The van der Waals surface area contributed by atoms with Gasteiger partial charge in [0, 0.05) is 39.3 Å². The topological polar surface area (TPSA) is 64.7 Å². The second-order valence-corrected chi connectivity index (χ2v) is 6.81. The number of carbonyl (C=O) groups excluding carboxylic acids is 2. The van der Waals surface area contributed by atoms with E-state index in [0.29, 0.717) is 13.1 Å². The second kappa shape index (κ2) is 9.85. The van der Waals surface area contributed by atoms with Crippen molar-refractivity contribution in [2.45, 2.75) is 13.1 Å². The summed E-state index contributed by atoms with van der Waals surface area (Å²) in [4.78, 5) is 28.3. The fourth-order valence-corrected chi connectivity index (χ4v) is 3.11. The van der Waals surface area contributed by atoms with Gasteiger partial charge in [-0.25, -0.2) is 9.18 Å². The van der Waals surface area contributed by atoms with Crippen LogP contribution in [-0.4, -0.2) is 54.5 Å². The molecule has 3 amide bonds. The van der Waals surface area contributed by atoms with Crippen molar-refractivity contribution in [1.82, 2.24) is 20.4 Å². The number of hydrogen-bond donors (Lipinski definition) is 2. The van der Waals surface area contributed by atoms with Crippen molar-refractivity contribution in [1.29, 1.82) is 0 Å². The second-order valence-electron chi connectivity index (χ2n) is 6.81. The van der Waals surface area contributed by atoms with Gasteiger partial charge in [0.05, 0.1) is 6.54 Å². The lowest BCUT2D eigenvalue weighted by molar-refractivity contribution is -0.131. The Hall–Kier alpha value is -2.93. The summed E-state index contributed by atoms with van der Waals surface area (Å²) in [6.07, 6.45) is 0. The van der Waals surface area contributed by atoms with Gasteiger partial charge in [-0.2, -0.15) is 0 Å². The maximum Gasteiger partial charge on any atom is 0.315 e. The van der Waals surface area contributed by atoms with E-state index < -0.39 is 6.03 Å². The van der Waals surface area contributed by atoms with E-state index in [4.69, 9.17) is 0 Å². The number of amides is 3. The van der Waals surface area contributed by atoms with E-state index in [9.17, 15) is 14.0 Å². The molecule has 1 fully saturated rings. The third-order valence-electron chi connectivity index (χ3n) is 4.74. The molecular formula is C21H25FN4O2. The first kappa shape index (κ1) is 19.8. The summed E-state index contributed by atoms with van der Waals surface area (Å²) in [6, 6.07) is 15.8. The SMILES string of the molecule is O=C(NCC(=O)N1CCN(Cc2ccccc2)CC1)NCc1ccc(F)cc1. The molecule has 0 bridgehead atoms. The Morgan fingerprint density at radius 2 is 1.54 bits per heavy atom. The summed E-state index contributed by atoms with van der Waals surface area (Å²) in [6.45, 7) is 4.07. The van der Waals surface area contributed by atoms with Gasteiger partial charge in [0.2, 0.25) is 5.91 Å². The Bertz CT molecular complexity index is 775. The highest BCUT2D eigenvalue weighted by Gasteiger charge is 2.21. The normalized spacial score (nSPS) is 14.5. The molecule has 0 spiro atoms. The zero-order valence-corrected chi connectivity index (χ0v) is 15.7. The molecule has 1 heterocycles. The van der Waals surface area contributed by atoms with Crippen LogP contribution in [0.3, 0.4) is 0 Å². The van der Waals surface area contributed by atoms with Gasteiger partial charge in [-0.05, 0) is 23.3 Å². The first-order valence-electron chi connectivity index (χ1n) is 9.40. The molecule has 1 saturated heterocycles. The molecule has 0 unspecified atom stereocenters. The van der Waals surface area contributed by atoms with Crippen molar-refractivity contribution in [3.63, 3.8) is 0 Å². The number of urea groups is 1. The molecule has 148 valence electrons. The maximum absolute atomic E-state index is 12.9. The number of piperazine rings is 1. The lowest BCUT2D eigenvalue weighted by atomic mass is 10.2. The van der Waals surface area contributed by atoms with Gasteiger partial charge in [-0.15, -0.1) is 0 Å². The van der Waals surface area contributed by atoms with Gasteiger partial charge >= 0.3 is 6.03 Å². The number of halogens is 1. The molecule has 2 aromatic carbocycles. The number of nitrogens with one attached hydrogen (secondary N) is 2. The first-order valence-corrected chi connectivity index (χ1v) is 9.40. The number of carbonyl (C=O) groups is 2. The molecule has 7 heteroatoms. The highest BCUT2D eigenvalue weighted by molar-refractivity contribution is 5.84. The number of rotatable bonds is 6. The van der Waals surface area contributed by atoms with Crippen molar-refractivity contribution in [3.8, 4) is 0 Å². The average Bonchev–Trinajstić information content (AvgIpc) is 2.73. The minimum absolute atomic E-state index is 0.0338. The Morgan fingerprint density at radius 1 is 0.857 bits per heavy atom. The van der Waals surface area contributed by atoms with Crippen LogP contribution in [0, 0.1) is 5.82 Å². The predicted molar refractivity (Wildman–Crippen MR) is 105 cm³/mol. The molecule has 6 nitrogen and oxygen atoms in total. The van der Waals surface area contributed by atoms with Crippen molar-refractivity contribution < 1.29 is 14.0 Å². The third kappa shape index (κ3) is 6.06. The summed E-state index contributed by atoms with van der Waals surface area (Å²) in [5, 5.41) is 5.24. The lowest BCUT2D eigenvalue weighted by Crippen LogP contribution is -2.51. The first-order chi connectivity index (χ1) is 13.6. The number of nitrogens with zero attached hydrogens (tertiary/aromatic N) is 2. The fraction of sp³-hybridized carbons (Fsp3) is 0.333. The van der Waals surface area contributed by atoms with Gasteiger partial charge in [-0.1, -0.05) is 42.5 Å². The molecule has 28 heavy (non-hydrogen) atoms. The standard InChI is InChI=1S/C21H25FN4O2/c22-19-8-6-17(7-9-19)14-23-21(28)24-15-20(27)26-12-10-25(11-13-26)16-18-4-2-1-3-5-18/h1-9H,10-16H2,(H2,23,24,28). The van der Waals surface area contributed by atoms with E-state index in [-0.39, 0.29) is 24.8 Å². The fourth-order valence-electron chi connectivity index (χ4n) is 3.11. The summed E-state index contributed by atoms with van der Waals surface area (Å²) in [5.74, 6) is -0.404. The van der Waals surface area contributed by atoms with Gasteiger partial charge < -0.3 is 15.5 Å². The van der Waals surface area contributed by atoms with Crippen molar-refractivity contribution in [3.05, 3.63) is 71.5 Å². The highest BCUT2D eigenvalue weighted by atomic mass is 19.1. The van der Waals surface area contributed by atoms with Gasteiger partial charge in [0.25, 0.3) is 0 Å². The minimum atomic E-state index is -0.416. The molecule has 0 saturated carbocycles. The van der Waals surface area contributed by atoms with Crippen LogP contribution in [0.2, 0.25) is 0 Å². The monoisotopic (exact) mass is 384 g/mol. The number of hydrogen-bond acceptors (Lipinski definition) is 3. The molecule has 0 aromatic heterocycles. The summed E-state index contributed by atoms with van der Waals surface area (Å²) >= 11 is 0. The summed E-state index contributed by atoms with van der Waals surface area (Å²) < 4.78 is 12.9. The van der Waals surface area contributed by atoms with Crippen molar-refractivity contribution in [2.24, 2.45) is 0 Å². The molecule has 0 atom stereocenters. The maximum atomic E-state index is 12.9. The van der Waals surface area contributed by atoms with Gasteiger partial charge in [0.15, 0.2) is 0 Å². The van der Waals surface area contributed by atoms with Crippen LogP contribution in [0.1, 0.15) is 11.1 Å². The Kier molecular flexibility index (Phi) is 6.97. The van der Waals surface area contributed by atoms with Crippen LogP contribution < -0.4 is 10.6 Å².